The molecule has 5 heteroatoms. The summed E-state index contributed by atoms with van der Waals surface area (Å²) in [7, 11) is 1.69. The monoisotopic (exact) mass is 336 g/mol. The van der Waals surface area contributed by atoms with Gasteiger partial charge in [-0.1, -0.05) is 25.0 Å². The molecule has 0 spiro atoms. The van der Waals surface area contributed by atoms with Crippen molar-refractivity contribution in [3.63, 3.8) is 0 Å². The van der Waals surface area contributed by atoms with E-state index in [0.29, 0.717) is 0 Å². The molecule has 0 unspecified atom stereocenters. The molecule has 4 rings (SSSR count). The highest BCUT2D eigenvalue weighted by Gasteiger charge is 2.17. The maximum absolute atomic E-state index is 5.50. The lowest BCUT2D eigenvalue weighted by Crippen LogP contribution is -2.26. The first-order chi connectivity index (χ1) is 12.3. The van der Waals surface area contributed by atoms with Crippen molar-refractivity contribution >= 4 is 11.5 Å². The maximum Gasteiger partial charge on any atom is 0.158 e. The zero-order valence-corrected chi connectivity index (χ0v) is 14.9. The molecule has 5 nitrogen and oxygen atoms in total. The SMILES string of the molecule is COc1ccccc1-c1cc2nc(C)cc(N3CCCCCC3)n2n1. The molecular weight excluding hydrogens is 312 g/mol. The topological polar surface area (TPSA) is 42.7 Å². The van der Waals surface area contributed by atoms with Crippen LogP contribution in [0.5, 0.6) is 5.75 Å². The van der Waals surface area contributed by atoms with Crippen molar-refractivity contribution in [3.8, 4) is 17.0 Å². The molecule has 25 heavy (non-hydrogen) atoms. The second kappa shape index (κ2) is 6.75. The Morgan fingerprint density at radius 3 is 2.52 bits per heavy atom. The molecule has 0 saturated carbocycles. The van der Waals surface area contributed by atoms with E-state index in [0.717, 1.165) is 47.3 Å². The molecule has 0 amide bonds. The van der Waals surface area contributed by atoms with E-state index in [9.17, 15) is 0 Å². The van der Waals surface area contributed by atoms with E-state index >= 15 is 0 Å². The van der Waals surface area contributed by atoms with Gasteiger partial charge in [0.2, 0.25) is 0 Å². The van der Waals surface area contributed by atoms with Crippen LogP contribution in [-0.4, -0.2) is 34.8 Å². The third-order valence-corrected chi connectivity index (χ3v) is 4.85. The van der Waals surface area contributed by atoms with E-state index in [1.165, 1.54) is 25.7 Å². The Hall–Kier alpha value is -2.56. The van der Waals surface area contributed by atoms with Gasteiger partial charge in [0.1, 0.15) is 11.6 Å². The number of hydrogen-bond acceptors (Lipinski definition) is 4. The Kier molecular flexibility index (Phi) is 4.30. The van der Waals surface area contributed by atoms with Gasteiger partial charge in [-0.25, -0.2) is 4.98 Å². The number of para-hydroxylation sites is 1. The third kappa shape index (κ3) is 3.06. The van der Waals surface area contributed by atoms with Gasteiger partial charge >= 0.3 is 0 Å². The van der Waals surface area contributed by atoms with Gasteiger partial charge < -0.3 is 9.64 Å². The van der Waals surface area contributed by atoms with E-state index in [-0.39, 0.29) is 0 Å². The Bertz CT molecular complexity index is 879. The standard InChI is InChI=1S/C20H24N4O/c1-15-13-20(23-11-7-3-4-8-12-23)24-19(21-15)14-17(22-24)16-9-5-6-10-18(16)25-2/h5-6,9-10,13-14H,3-4,7-8,11-12H2,1-2H3. The molecule has 3 heterocycles. The molecule has 1 aliphatic heterocycles. The Morgan fingerprint density at radius 2 is 1.76 bits per heavy atom. The summed E-state index contributed by atoms with van der Waals surface area (Å²) in [5.74, 6) is 1.98. The van der Waals surface area contributed by atoms with E-state index in [1.807, 2.05) is 34.8 Å². The number of hydrogen-bond donors (Lipinski definition) is 0. The molecule has 0 N–H and O–H groups in total. The summed E-state index contributed by atoms with van der Waals surface area (Å²) < 4.78 is 7.49. The zero-order chi connectivity index (χ0) is 17.2. The van der Waals surface area contributed by atoms with E-state index in [1.54, 1.807) is 7.11 Å². The molecule has 0 bridgehead atoms. The summed E-state index contributed by atoms with van der Waals surface area (Å²) in [5, 5.41) is 4.87. The number of anilines is 1. The lowest BCUT2D eigenvalue weighted by atomic mass is 10.1. The van der Waals surface area contributed by atoms with Gasteiger partial charge in [0.25, 0.3) is 0 Å². The summed E-state index contributed by atoms with van der Waals surface area (Å²) >= 11 is 0. The lowest BCUT2D eigenvalue weighted by molar-refractivity contribution is 0.416. The van der Waals surface area contributed by atoms with Crippen LogP contribution in [0.15, 0.2) is 36.4 Å². The fraction of sp³-hybridized carbons (Fsp3) is 0.400. The Labute approximate surface area is 148 Å². The molecule has 3 aromatic rings. The normalized spacial score (nSPS) is 15.4. The van der Waals surface area contributed by atoms with Crippen molar-refractivity contribution in [2.75, 3.05) is 25.1 Å². The number of aryl methyl sites for hydroxylation is 1. The summed E-state index contributed by atoms with van der Waals surface area (Å²) in [4.78, 5) is 7.14. The molecule has 0 radical (unpaired) electrons. The van der Waals surface area contributed by atoms with Gasteiger partial charge in [0.15, 0.2) is 5.65 Å². The Balaban J connectivity index is 1.83. The quantitative estimate of drug-likeness (QED) is 0.722. The molecule has 1 aromatic carbocycles. The van der Waals surface area contributed by atoms with Crippen LogP contribution in [0, 0.1) is 6.92 Å². The molecule has 2 aromatic heterocycles. The predicted molar refractivity (Wildman–Crippen MR) is 100 cm³/mol. The van der Waals surface area contributed by atoms with Crippen LogP contribution in [0.4, 0.5) is 5.82 Å². The van der Waals surface area contributed by atoms with Gasteiger partial charge in [-0.05, 0) is 31.9 Å². The van der Waals surface area contributed by atoms with Crippen LogP contribution in [-0.2, 0) is 0 Å². The molecule has 1 saturated heterocycles. The third-order valence-electron chi connectivity index (χ3n) is 4.85. The molecule has 1 aliphatic rings. The van der Waals surface area contributed by atoms with Gasteiger partial charge in [0, 0.05) is 36.5 Å². The van der Waals surface area contributed by atoms with Crippen molar-refractivity contribution in [1.82, 2.24) is 14.6 Å². The zero-order valence-electron chi connectivity index (χ0n) is 14.9. The largest absolute Gasteiger partial charge is 0.496 e. The smallest absolute Gasteiger partial charge is 0.158 e. The fourth-order valence-electron chi connectivity index (χ4n) is 3.59. The van der Waals surface area contributed by atoms with Crippen LogP contribution in [0.25, 0.3) is 16.9 Å². The highest BCUT2D eigenvalue weighted by atomic mass is 16.5. The molecule has 0 atom stereocenters. The van der Waals surface area contributed by atoms with Crippen LogP contribution in [0.3, 0.4) is 0 Å². The van der Waals surface area contributed by atoms with Crippen LogP contribution in [0.2, 0.25) is 0 Å². The van der Waals surface area contributed by atoms with Crippen molar-refractivity contribution in [2.45, 2.75) is 32.6 Å². The van der Waals surface area contributed by atoms with Gasteiger partial charge in [-0.3, -0.25) is 0 Å². The Morgan fingerprint density at radius 1 is 1.00 bits per heavy atom. The number of rotatable bonds is 3. The molecule has 0 aliphatic carbocycles. The van der Waals surface area contributed by atoms with Gasteiger partial charge in [-0.2, -0.15) is 9.61 Å². The van der Waals surface area contributed by atoms with Crippen LogP contribution in [0.1, 0.15) is 31.4 Å². The minimum absolute atomic E-state index is 0.832. The summed E-state index contributed by atoms with van der Waals surface area (Å²) in [5.41, 5.74) is 3.81. The molecule has 130 valence electrons. The number of methoxy groups -OCH3 is 1. The maximum atomic E-state index is 5.50. The minimum Gasteiger partial charge on any atom is -0.496 e. The van der Waals surface area contributed by atoms with Gasteiger partial charge in [-0.15, -0.1) is 0 Å². The second-order valence-corrected chi connectivity index (χ2v) is 6.66. The number of fused-ring (bicyclic) bond motifs is 1. The number of benzene rings is 1. The predicted octanol–water partition coefficient (Wildman–Crippen LogP) is 4.09. The van der Waals surface area contributed by atoms with Gasteiger partial charge in [0.05, 0.1) is 12.8 Å². The van der Waals surface area contributed by atoms with Crippen LogP contribution >= 0.6 is 0 Å². The van der Waals surface area contributed by atoms with E-state index in [4.69, 9.17) is 9.84 Å². The second-order valence-electron chi connectivity index (χ2n) is 6.66. The summed E-state index contributed by atoms with van der Waals surface area (Å²) in [6.07, 6.45) is 5.11. The average Bonchev–Trinajstić information content (AvgIpc) is 2.87. The minimum atomic E-state index is 0.832. The van der Waals surface area contributed by atoms with Crippen molar-refractivity contribution < 1.29 is 4.74 Å². The van der Waals surface area contributed by atoms with Crippen molar-refractivity contribution in [3.05, 3.63) is 42.1 Å². The van der Waals surface area contributed by atoms with Crippen molar-refractivity contribution in [2.24, 2.45) is 0 Å². The highest BCUT2D eigenvalue weighted by Crippen LogP contribution is 2.30. The van der Waals surface area contributed by atoms with Crippen LogP contribution < -0.4 is 9.64 Å². The number of aromatic nitrogens is 3. The lowest BCUT2D eigenvalue weighted by Gasteiger charge is -2.23. The first-order valence-corrected chi connectivity index (χ1v) is 9.02. The number of nitrogens with zero attached hydrogens (tertiary/aromatic N) is 4. The van der Waals surface area contributed by atoms with Crippen molar-refractivity contribution in [1.29, 1.82) is 0 Å². The average molecular weight is 336 g/mol. The van der Waals surface area contributed by atoms with E-state index in [2.05, 4.69) is 22.9 Å². The first-order valence-electron chi connectivity index (χ1n) is 9.02. The highest BCUT2D eigenvalue weighted by molar-refractivity contribution is 5.71. The molecule has 1 fully saturated rings. The summed E-state index contributed by atoms with van der Waals surface area (Å²) in [6.45, 7) is 4.22. The first kappa shape index (κ1) is 15.9. The molecular formula is C20H24N4O. The summed E-state index contributed by atoms with van der Waals surface area (Å²) in [6, 6.07) is 12.2. The fourth-order valence-corrected chi connectivity index (χ4v) is 3.59. The number of ether oxygens (including phenoxy) is 1. The van der Waals surface area contributed by atoms with E-state index < -0.39 is 0 Å².